The normalized spacial score (nSPS) is 10.2. The van der Waals surface area contributed by atoms with Gasteiger partial charge in [0.05, 0.1) is 4.92 Å². The van der Waals surface area contributed by atoms with Crippen molar-refractivity contribution < 1.29 is 13.8 Å². The molecule has 0 saturated carbocycles. The quantitative estimate of drug-likeness (QED) is 0.125. The Hall–Kier alpha value is -3.60. The zero-order valence-corrected chi connectivity index (χ0v) is 24.3. The lowest BCUT2D eigenvalue weighted by Gasteiger charge is -1.89. The molecule has 0 bridgehead atoms. The number of hydrogen-bond acceptors (Lipinski definition) is 6. The van der Waals surface area contributed by atoms with Crippen LogP contribution in [0.5, 0.6) is 0 Å². The molecule has 7 nitrogen and oxygen atoms in total. The van der Waals surface area contributed by atoms with E-state index in [1.165, 1.54) is 12.1 Å². The highest BCUT2D eigenvalue weighted by Crippen LogP contribution is 2.29. The molecular weight excluding hydrogens is 682 g/mol. The number of nitro benzene ring substituents is 1. The molecule has 7 aromatic rings. The van der Waals surface area contributed by atoms with Crippen LogP contribution in [0.3, 0.4) is 0 Å². The number of benzene rings is 3. The zero-order chi connectivity index (χ0) is 26.9. The Bertz CT molecular complexity index is 1750. The second kappa shape index (κ2) is 13.3. The first-order chi connectivity index (χ1) is 18.6. The summed E-state index contributed by atoms with van der Waals surface area (Å²) in [6.45, 7) is 0. The molecular formula is C28H18Br3N3O4. The number of aromatic nitrogens is 2. The highest BCUT2D eigenvalue weighted by Gasteiger charge is 2.07. The lowest BCUT2D eigenvalue weighted by molar-refractivity contribution is -0.384. The molecule has 0 radical (unpaired) electrons. The van der Waals surface area contributed by atoms with E-state index in [1.54, 1.807) is 30.6 Å². The number of fused-ring (bicyclic) bond motifs is 6. The first kappa shape index (κ1) is 27.4. The van der Waals surface area contributed by atoms with Gasteiger partial charge in [-0.3, -0.25) is 20.1 Å². The Labute approximate surface area is 240 Å². The molecule has 0 unspecified atom stereocenters. The number of para-hydroxylation sites is 2. The average molecular weight is 700 g/mol. The van der Waals surface area contributed by atoms with Crippen molar-refractivity contribution in [3.05, 3.63) is 124 Å². The van der Waals surface area contributed by atoms with Crippen molar-refractivity contribution in [2.24, 2.45) is 0 Å². The molecule has 38 heavy (non-hydrogen) atoms. The van der Waals surface area contributed by atoms with Crippen molar-refractivity contribution in [1.82, 2.24) is 9.97 Å². The monoisotopic (exact) mass is 697 g/mol. The molecule has 0 amide bonds. The number of furan rings is 2. The SMILES string of the molecule is BrBr.Brc1ccc2oc3cccnc3c2c1.O=[N+]([O-])c1ccccc1.c1ccc2c(c1)oc1cccnc12. The van der Waals surface area contributed by atoms with E-state index in [1.807, 2.05) is 66.7 Å². The summed E-state index contributed by atoms with van der Waals surface area (Å²) in [6.07, 6.45) is 3.56. The standard InChI is InChI=1S/C11H6BrNO.C11H7NO.C6H5NO2.Br2/c12-7-3-4-9-8(6-7)11-10(14-9)2-1-5-13-11;1-2-5-9-8(4-1)11-10(13-9)6-3-7-12-11;8-7(9)6-4-2-1-3-5-6;1-2/h1-6H;1-7H;1-5H;. The van der Waals surface area contributed by atoms with Crippen LogP contribution < -0.4 is 0 Å². The van der Waals surface area contributed by atoms with Crippen LogP contribution in [0.15, 0.2) is 123 Å². The second-order valence-electron chi connectivity index (χ2n) is 7.63. The summed E-state index contributed by atoms with van der Waals surface area (Å²) in [5.41, 5.74) is 5.46. The van der Waals surface area contributed by atoms with Gasteiger partial charge in [-0.15, -0.1) is 0 Å². The molecule has 0 atom stereocenters. The van der Waals surface area contributed by atoms with Crippen LogP contribution in [0.1, 0.15) is 0 Å². The van der Waals surface area contributed by atoms with Gasteiger partial charge in [0.25, 0.3) is 5.69 Å². The van der Waals surface area contributed by atoms with E-state index in [0.717, 1.165) is 48.6 Å². The number of halogens is 3. The Morgan fingerprint density at radius 1 is 0.632 bits per heavy atom. The summed E-state index contributed by atoms with van der Waals surface area (Å²) in [5.74, 6) is 0. The zero-order valence-electron chi connectivity index (χ0n) is 19.5. The molecule has 0 aliphatic carbocycles. The Kier molecular flexibility index (Phi) is 9.58. The fraction of sp³-hybridized carbons (Fsp3) is 0. The Morgan fingerprint density at radius 3 is 1.76 bits per heavy atom. The van der Waals surface area contributed by atoms with Gasteiger partial charge in [-0.1, -0.05) is 46.3 Å². The minimum Gasteiger partial charge on any atom is -0.454 e. The van der Waals surface area contributed by atoms with E-state index < -0.39 is 4.92 Å². The first-order valence-corrected chi connectivity index (χ1v) is 15.6. The summed E-state index contributed by atoms with van der Waals surface area (Å²) >= 11 is 8.93. The molecule has 190 valence electrons. The molecule has 10 heteroatoms. The van der Waals surface area contributed by atoms with Gasteiger partial charge in [0.1, 0.15) is 22.2 Å². The second-order valence-corrected chi connectivity index (χ2v) is 8.55. The van der Waals surface area contributed by atoms with Crippen molar-refractivity contribution in [3.63, 3.8) is 0 Å². The van der Waals surface area contributed by atoms with Crippen LogP contribution >= 0.6 is 44.2 Å². The smallest absolute Gasteiger partial charge is 0.269 e. The van der Waals surface area contributed by atoms with Gasteiger partial charge >= 0.3 is 0 Å². The van der Waals surface area contributed by atoms with Crippen LogP contribution in [0.25, 0.3) is 44.1 Å². The first-order valence-electron chi connectivity index (χ1n) is 11.1. The number of rotatable bonds is 1. The highest BCUT2D eigenvalue weighted by molar-refractivity contribution is 9.93. The summed E-state index contributed by atoms with van der Waals surface area (Å²) in [6, 6.07) is 29.4. The fourth-order valence-corrected chi connectivity index (χ4v) is 4.03. The molecule has 4 aromatic heterocycles. The molecule has 0 N–H and O–H groups in total. The number of pyridine rings is 2. The number of nitrogens with zero attached hydrogens (tertiary/aromatic N) is 3. The van der Waals surface area contributed by atoms with Gasteiger partial charge < -0.3 is 8.83 Å². The van der Waals surface area contributed by atoms with Crippen molar-refractivity contribution >= 4 is 94.0 Å². The van der Waals surface area contributed by atoms with E-state index >= 15 is 0 Å². The highest BCUT2D eigenvalue weighted by atomic mass is 80.9. The Balaban J connectivity index is 0.000000132. The van der Waals surface area contributed by atoms with Crippen molar-refractivity contribution in [2.45, 2.75) is 0 Å². The van der Waals surface area contributed by atoms with Crippen LogP contribution in [-0.4, -0.2) is 14.9 Å². The van der Waals surface area contributed by atoms with Gasteiger partial charge in [0, 0.05) is 68.0 Å². The van der Waals surface area contributed by atoms with Crippen LogP contribution in [-0.2, 0) is 0 Å². The predicted octanol–water partition coefficient (Wildman–Crippen LogP) is 10.0. The van der Waals surface area contributed by atoms with Crippen LogP contribution in [0, 0.1) is 10.1 Å². The molecule has 0 spiro atoms. The molecule has 4 heterocycles. The van der Waals surface area contributed by atoms with Crippen molar-refractivity contribution in [1.29, 1.82) is 0 Å². The average Bonchev–Trinajstić information content (AvgIpc) is 3.53. The van der Waals surface area contributed by atoms with Crippen molar-refractivity contribution in [2.75, 3.05) is 0 Å². The lowest BCUT2D eigenvalue weighted by atomic mass is 10.2. The maximum Gasteiger partial charge on any atom is 0.269 e. The van der Waals surface area contributed by atoms with E-state index in [2.05, 4.69) is 54.2 Å². The summed E-state index contributed by atoms with van der Waals surface area (Å²) < 4.78 is 12.3. The molecule has 0 aliphatic heterocycles. The molecule has 0 aliphatic rings. The number of nitro groups is 1. The van der Waals surface area contributed by atoms with Crippen molar-refractivity contribution in [3.8, 4) is 0 Å². The minimum atomic E-state index is -0.417. The van der Waals surface area contributed by atoms with E-state index in [9.17, 15) is 10.1 Å². The third-order valence-corrected chi connectivity index (χ3v) is 5.78. The molecule has 0 fully saturated rings. The maximum atomic E-state index is 10.0. The van der Waals surface area contributed by atoms with Gasteiger partial charge in [-0.2, -0.15) is 0 Å². The summed E-state index contributed by atoms with van der Waals surface area (Å²) in [4.78, 5) is 18.2. The third kappa shape index (κ3) is 6.45. The largest absolute Gasteiger partial charge is 0.454 e. The van der Waals surface area contributed by atoms with E-state index in [0.29, 0.717) is 0 Å². The van der Waals surface area contributed by atoms with Crippen LogP contribution in [0.2, 0.25) is 0 Å². The molecule has 0 saturated heterocycles. The molecule has 7 rings (SSSR count). The minimum absolute atomic E-state index is 0.137. The van der Waals surface area contributed by atoms with Gasteiger partial charge in [0.2, 0.25) is 0 Å². The third-order valence-electron chi connectivity index (χ3n) is 5.29. The summed E-state index contributed by atoms with van der Waals surface area (Å²) in [5, 5.41) is 12.1. The van der Waals surface area contributed by atoms with Gasteiger partial charge in [-0.05, 0) is 54.6 Å². The number of hydrogen-bond donors (Lipinski definition) is 0. The maximum absolute atomic E-state index is 10.0. The topological polar surface area (TPSA) is 95.2 Å². The number of non-ortho nitro benzene ring substituents is 1. The molecule has 3 aromatic carbocycles. The van der Waals surface area contributed by atoms with E-state index in [4.69, 9.17) is 8.83 Å². The summed E-state index contributed by atoms with van der Waals surface area (Å²) in [7, 11) is 0. The van der Waals surface area contributed by atoms with Gasteiger partial charge in [0.15, 0.2) is 11.2 Å². The van der Waals surface area contributed by atoms with Crippen LogP contribution in [0.4, 0.5) is 5.69 Å². The lowest BCUT2D eigenvalue weighted by Crippen LogP contribution is -1.84. The van der Waals surface area contributed by atoms with Gasteiger partial charge in [-0.25, -0.2) is 0 Å². The van der Waals surface area contributed by atoms with E-state index in [-0.39, 0.29) is 5.69 Å². The fourth-order valence-electron chi connectivity index (χ4n) is 3.66. The Morgan fingerprint density at radius 2 is 1.16 bits per heavy atom. The predicted molar refractivity (Wildman–Crippen MR) is 162 cm³/mol.